The minimum atomic E-state index is 0.365. The Kier molecular flexibility index (Phi) is 5.81. The van der Waals surface area contributed by atoms with Crippen molar-refractivity contribution < 1.29 is 0 Å². The molecule has 1 aromatic rings. The summed E-state index contributed by atoms with van der Waals surface area (Å²) >= 11 is 1.95. The van der Waals surface area contributed by atoms with Crippen LogP contribution >= 0.6 is 11.3 Å². The molecule has 0 amide bonds. The van der Waals surface area contributed by atoms with Crippen LogP contribution in [-0.4, -0.2) is 36.1 Å². The van der Waals surface area contributed by atoms with Gasteiger partial charge >= 0.3 is 0 Å². The Balaban J connectivity index is 2.11. The molecule has 4 heteroatoms. The molecule has 0 saturated carbocycles. The molecule has 1 aliphatic rings. The van der Waals surface area contributed by atoms with Gasteiger partial charge in [-0.25, -0.2) is 4.98 Å². The van der Waals surface area contributed by atoms with Crippen molar-refractivity contribution in [1.29, 1.82) is 0 Å². The van der Waals surface area contributed by atoms with E-state index in [4.69, 9.17) is 4.98 Å². The summed E-state index contributed by atoms with van der Waals surface area (Å²) in [4.78, 5) is 8.95. The van der Waals surface area contributed by atoms with Gasteiger partial charge in [0, 0.05) is 23.9 Å². The monoisotopic (exact) mass is 309 g/mol. The molecule has 1 aliphatic carbocycles. The zero-order chi connectivity index (χ0) is 15.5. The predicted molar refractivity (Wildman–Crippen MR) is 92.1 cm³/mol. The van der Waals surface area contributed by atoms with Gasteiger partial charge in [-0.05, 0) is 37.9 Å². The summed E-state index contributed by atoms with van der Waals surface area (Å²) in [5.41, 5.74) is 1.72. The molecular formula is C17H31N3S. The lowest BCUT2D eigenvalue weighted by atomic mass is 9.76. The minimum absolute atomic E-state index is 0.365. The second-order valence-electron chi connectivity index (χ2n) is 6.85. The van der Waals surface area contributed by atoms with Crippen molar-refractivity contribution in [1.82, 2.24) is 15.2 Å². The smallest absolute Gasteiger partial charge is 0.0944 e. The Morgan fingerprint density at radius 1 is 1.29 bits per heavy atom. The van der Waals surface area contributed by atoms with Gasteiger partial charge in [0.05, 0.1) is 10.7 Å². The summed E-state index contributed by atoms with van der Waals surface area (Å²) in [7, 11) is 0. The number of rotatable bonds is 7. The van der Waals surface area contributed by atoms with Crippen LogP contribution in [0.25, 0.3) is 0 Å². The van der Waals surface area contributed by atoms with E-state index in [1.807, 2.05) is 11.3 Å². The van der Waals surface area contributed by atoms with Gasteiger partial charge in [-0.1, -0.05) is 34.6 Å². The Hall–Kier alpha value is -0.450. The molecule has 0 aromatic carbocycles. The number of thiazole rings is 1. The van der Waals surface area contributed by atoms with Crippen LogP contribution in [0.15, 0.2) is 0 Å². The van der Waals surface area contributed by atoms with Gasteiger partial charge < -0.3 is 10.2 Å². The van der Waals surface area contributed by atoms with Crippen LogP contribution in [0.1, 0.15) is 62.7 Å². The van der Waals surface area contributed by atoms with E-state index in [2.05, 4.69) is 44.8 Å². The number of aromatic nitrogens is 1. The van der Waals surface area contributed by atoms with Gasteiger partial charge in [0.15, 0.2) is 0 Å². The molecule has 1 aromatic heterocycles. The topological polar surface area (TPSA) is 28.2 Å². The summed E-state index contributed by atoms with van der Waals surface area (Å²) < 4.78 is 0. The summed E-state index contributed by atoms with van der Waals surface area (Å²) in [5.74, 6) is 0. The number of nitrogens with one attached hydrogen (secondary N) is 1. The van der Waals surface area contributed by atoms with Crippen LogP contribution in [0.3, 0.4) is 0 Å². The number of fused-ring (bicyclic) bond motifs is 1. The van der Waals surface area contributed by atoms with Crippen LogP contribution in [0.2, 0.25) is 0 Å². The van der Waals surface area contributed by atoms with Crippen molar-refractivity contribution in [2.75, 3.05) is 26.2 Å². The normalized spacial score (nSPS) is 20.8. The fourth-order valence-corrected chi connectivity index (χ4v) is 4.44. The van der Waals surface area contributed by atoms with E-state index in [1.54, 1.807) is 0 Å². The van der Waals surface area contributed by atoms with Gasteiger partial charge in [-0.3, -0.25) is 0 Å². The highest BCUT2D eigenvalue weighted by Gasteiger charge is 2.34. The molecule has 0 spiro atoms. The second kappa shape index (κ2) is 7.21. The summed E-state index contributed by atoms with van der Waals surface area (Å²) in [6.45, 7) is 15.8. The first-order valence-electron chi connectivity index (χ1n) is 8.43. The third-order valence-electron chi connectivity index (χ3n) is 4.48. The van der Waals surface area contributed by atoms with Crippen LogP contribution in [0.4, 0.5) is 0 Å². The molecule has 0 fully saturated rings. The molecule has 0 bridgehead atoms. The lowest BCUT2D eigenvalue weighted by Crippen LogP contribution is -2.32. The number of likely N-dealkylation sites (N-methyl/N-ethyl adjacent to an activating group) is 1. The zero-order valence-electron chi connectivity index (χ0n) is 14.3. The fraction of sp³-hybridized carbons (Fsp3) is 0.824. The Morgan fingerprint density at radius 3 is 2.62 bits per heavy atom. The molecular weight excluding hydrogens is 278 g/mol. The van der Waals surface area contributed by atoms with E-state index in [1.165, 1.54) is 22.0 Å². The van der Waals surface area contributed by atoms with Crippen LogP contribution in [-0.2, 0) is 12.8 Å². The summed E-state index contributed by atoms with van der Waals surface area (Å²) in [5, 5.41) is 4.98. The SMILES string of the molecule is CCNC1CC(C)(C)Cc2nc(CCN(CC)CC)sc21. The highest BCUT2D eigenvalue weighted by molar-refractivity contribution is 7.11. The van der Waals surface area contributed by atoms with Crippen molar-refractivity contribution in [2.45, 2.75) is 59.9 Å². The molecule has 1 unspecified atom stereocenters. The lowest BCUT2D eigenvalue weighted by molar-refractivity contribution is 0.260. The quantitative estimate of drug-likeness (QED) is 0.833. The Labute approximate surface area is 134 Å². The van der Waals surface area contributed by atoms with E-state index >= 15 is 0 Å². The first-order chi connectivity index (χ1) is 9.99. The fourth-order valence-electron chi connectivity index (χ4n) is 3.30. The highest BCUT2D eigenvalue weighted by Crippen LogP contribution is 2.43. The lowest BCUT2D eigenvalue weighted by Gasteiger charge is -2.34. The van der Waals surface area contributed by atoms with Gasteiger partial charge in [-0.2, -0.15) is 0 Å². The average Bonchev–Trinajstić information content (AvgIpc) is 2.81. The van der Waals surface area contributed by atoms with Crippen molar-refractivity contribution in [2.24, 2.45) is 5.41 Å². The Morgan fingerprint density at radius 2 is 2.00 bits per heavy atom. The van der Waals surface area contributed by atoms with Crippen LogP contribution in [0, 0.1) is 5.41 Å². The number of hydrogen-bond acceptors (Lipinski definition) is 4. The van der Waals surface area contributed by atoms with Crippen LogP contribution in [0.5, 0.6) is 0 Å². The maximum absolute atomic E-state index is 4.97. The summed E-state index contributed by atoms with van der Waals surface area (Å²) in [6, 6.07) is 0.508. The molecule has 21 heavy (non-hydrogen) atoms. The van der Waals surface area contributed by atoms with E-state index in [0.717, 1.165) is 39.0 Å². The molecule has 1 atom stereocenters. The molecule has 2 rings (SSSR count). The third-order valence-corrected chi connectivity index (χ3v) is 5.75. The molecule has 0 radical (unpaired) electrons. The van der Waals surface area contributed by atoms with Crippen LogP contribution < -0.4 is 5.32 Å². The number of nitrogens with zero attached hydrogens (tertiary/aromatic N) is 2. The summed E-state index contributed by atoms with van der Waals surface area (Å²) in [6.07, 6.45) is 3.45. The highest BCUT2D eigenvalue weighted by atomic mass is 32.1. The maximum atomic E-state index is 4.97. The van der Waals surface area contributed by atoms with E-state index < -0.39 is 0 Å². The third kappa shape index (κ3) is 4.27. The molecule has 1 N–H and O–H groups in total. The molecule has 0 aliphatic heterocycles. The molecule has 0 saturated heterocycles. The first-order valence-corrected chi connectivity index (χ1v) is 9.25. The van der Waals surface area contributed by atoms with E-state index in [9.17, 15) is 0 Å². The van der Waals surface area contributed by atoms with Gasteiger partial charge in [0.25, 0.3) is 0 Å². The molecule has 1 heterocycles. The van der Waals surface area contributed by atoms with Crippen molar-refractivity contribution >= 4 is 11.3 Å². The standard InChI is InChI=1S/C17H31N3S/c1-6-18-13-11-17(4,5)12-14-16(13)21-15(19-14)9-10-20(7-2)8-3/h13,18H,6-12H2,1-5H3. The molecule has 120 valence electrons. The van der Waals surface area contributed by atoms with Gasteiger partial charge in [-0.15, -0.1) is 11.3 Å². The first kappa shape index (κ1) is 16.9. The Bertz CT molecular complexity index is 449. The van der Waals surface area contributed by atoms with Gasteiger partial charge in [0.1, 0.15) is 0 Å². The van der Waals surface area contributed by atoms with Crippen molar-refractivity contribution in [3.8, 4) is 0 Å². The van der Waals surface area contributed by atoms with Gasteiger partial charge in [0.2, 0.25) is 0 Å². The zero-order valence-corrected chi connectivity index (χ0v) is 15.1. The minimum Gasteiger partial charge on any atom is -0.309 e. The predicted octanol–water partition coefficient (Wildman–Crippen LogP) is 3.65. The second-order valence-corrected chi connectivity index (χ2v) is 7.97. The van der Waals surface area contributed by atoms with E-state index in [-0.39, 0.29) is 0 Å². The maximum Gasteiger partial charge on any atom is 0.0944 e. The van der Waals surface area contributed by atoms with Crippen molar-refractivity contribution in [3.05, 3.63) is 15.6 Å². The average molecular weight is 310 g/mol. The largest absolute Gasteiger partial charge is 0.309 e. The van der Waals surface area contributed by atoms with Crippen molar-refractivity contribution in [3.63, 3.8) is 0 Å². The van der Waals surface area contributed by atoms with E-state index in [0.29, 0.717) is 11.5 Å². The number of hydrogen-bond donors (Lipinski definition) is 1. The molecule has 3 nitrogen and oxygen atoms in total.